The first-order valence-corrected chi connectivity index (χ1v) is 11.3. The van der Waals surface area contributed by atoms with Crippen LogP contribution < -0.4 is 4.90 Å². The molecule has 5 rings (SSSR count). The Morgan fingerprint density at radius 2 is 1.84 bits per heavy atom. The summed E-state index contributed by atoms with van der Waals surface area (Å²) in [5, 5.41) is 0. The molecular weight excluding hydrogens is 390 g/mol. The van der Waals surface area contributed by atoms with Gasteiger partial charge in [-0.25, -0.2) is 15.0 Å². The van der Waals surface area contributed by atoms with Crippen LogP contribution in [0, 0.1) is 0 Å². The number of rotatable bonds is 4. The van der Waals surface area contributed by atoms with Crippen LogP contribution in [-0.4, -0.2) is 61.5 Å². The van der Waals surface area contributed by atoms with E-state index in [9.17, 15) is 4.79 Å². The minimum absolute atomic E-state index is 0.0365. The molecule has 0 spiro atoms. The molecule has 0 aliphatic carbocycles. The summed E-state index contributed by atoms with van der Waals surface area (Å²) in [6.07, 6.45) is 10.9. The van der Waals surface area contributed by atoms with E-state index in [1.807, 2.05) is 11.2 Å². The smallest absolute Gasteiger partial charge is 0.274 e. The third-order valence-corrected chi connectivity index (χ3v) is 6.51. The maximum atomic E-state index is 12.7. The Kier molecular flexibility index (Phi) is 5.29. The molecule has 3 aromatic heterocycles. The largest absolute Gasteiger partial charge is 0.355 e. The number of piperidine rings is 1. The average Bonchev–Trinajstić information content (AvgIpc) is 3.49. The number of hydrogen-bond acceptors (Lipinski definition) is 6. The zero-order valence-corrected chi connectivity index (χ0v) is 18.2. The van der Waals surface area contributed by atoms with Gasteiger partial charge in [-0.3, -0.25) is 9.78 Å². The van der Waals surface area contributed by atoms with Gasteiger partial charge in [0.15, 0.2) is 5.82 Å². The lowest BCUT2D eigenvalue weighted by molar-refractivity contribution is 0.0705. The molecule has 2 aliphatic heterocycles. The summed E-state index contributed by atoms with van der Waals surface area (Å²) in [7, 11) is 0. The summed E-state index contributed by atoms with van der Waals surface area (Å²) in [6.45, 7) is 7.89. The number of pyridine rings is 1. The van der Waals surface area contributed by atoms with Gasteiger partial charge in [-0.2, -0.15) is 0 Å². The fourth-order valence-electron chi connectivity index (χ4n) is 4.75. The van der Waals surface area contributed by atoms with Gasteiger partial charge in [-0.05, 0) is 45.6 Å². The van der Waals surface area contributed by atoms with Gasteiger partial charge in [0.05, 0.1) is 18.0 Å². The Morgan fingerprint density at radius 1 is 1.06 bits per heavy atom. The predicted molar refractivity (Wildman–Crippen MR) is 119 cm³/mol. The standard InChI is InChI=1S/C23H29N7O/c1-16(2)30-15-26-21-20(30)13-18(27-22(21)28-9-3-4-10-28)17-5-11-29(12-6-17)23(31)19-14-24-7-8-25-19/h7-8,13-17H,3-6,9-12H2,1-2H3. The van der Waals surface area contributed by atoms with Gasteiger partial charge < -0.3 is 14.4 Å². The van der Waals surface area contributed by atoms with Crippen LogP contribution in [0.15, 0.2) is 31.0 Å². The Bertz CT molecular complexity index is 1060. The number of amides is 1. The van der Waals surface area contributed by atoms with Crippen LogP contribution in [0.2, 0.25) is 0 Å². The van der Waals surface area contributed by atoms with Gasteiger partial charge in [-0.1, -0.05) is 0 Å². The van der Waals surface area contributed by atoms with Gasteiger partial charge in [0, 0.05) is 56.2 Å². The van der Waals surface area contributed by atoms with Crippen LogP contribution in [0.3, 0.4) is 0 Å². The molecule has 31 heavy (non-hydrogen) atoms. The van der Waals surface area contributed by atoms with Crippen molar-refractivity contribution < 1.29 is 4.79 Å². The molecule has 8 nitrogen and oxygen atoms in total. The van der Waals surface area contributed by atoms with E-state index in [1.54, 1.807) is 18.6 Å². The topological polar surface area (TPSA) is 80.0 Å². The molecular formula is C23H29N7O. The molecule has 0 N–H and O–H groups in total. The Labute approximate surface area is 182 Å². The minimum Gasteiger partial charge on any atom is -0.355 e. The van der Waals surface area contributed by atoms with Crippen molar-refractivity contribution in [3.8, 4) is 0 Å². The van der Waals surface area contributed by atoms with E-state index < -0.39 is 0 Å². The van der Waals surface area contributed by atoms with E-state index in [0.29, 0.717) is 30.7 Å². The number of imidazole rings is 1. The van der Waals surface area contributed by atoms with Gasteiger partial charge in [0.1, 0.15) is 11.2 Å². The monoisotopic (exact) mass is 419 g/mol. The van der Waals surface area contributed by atoms with E-state index in [4.69, 9.17) is 9.97 Å². The van der Waals surface area contributed by atoms with Crippen molar-refractivity contribution >= 4 is 22.8 Å². The van der Waals surface area contributed by atoms with E-state index >= 15 is 0 Å². The molecule has 162 valence electrons. The summed E-state index contributed by atoms with van der Waals surface area (Å²) < 4.78 is 2.24. The zero-order valence-electron chi connectivity index (χ0n) is 18.2. The van der Waals surface area contributed by atoms with Crippen molar-refractivity contribution in [2.75, 3.05) is 31.1 Å². The zero-order chi connectivity index (χ0) is 21.4. The molecule has 0 saturated carbocycles. The Balaban J connectivity index is 1.41. The highest BCUT2D eigenvalue weighted by atomic mass is 16.2. The summed E-state index contributed by atoms with van der Waals surface area (Å²) in [5.74, 6) is 1.33. The summed E-state index contributed by atoms with van der Waals surface area (Å²) in [4.78, 5) is 35.0. The van der Waals surface area contributed by atoms with Crippen LogP contribution >= 0.6 is 0 Å². The van der Waals surface area contributed by atoms with Crippen molar-refractivity contribution in [3.05, 3.63) is 42.4 Å². The lowest BCUT2D eigenvalue weighted by Crippen LogP contribution is -2.38. The Hall–Kier alpha value is -3.03. The molecule has 3 aromatic rings. The van der Waals surface area contributed by atoms with Crippen molar-refractivity contribution in [1.82, 2.24) is 29.4 Å². The van der Waals surface area contributed by atoms with Crippen molar-refractivity contribution in [2.45, 2.75) is 51.5 Å². The SMILES string of the molecule is CC(C)n1cnc2c(N3CCCC3)nc(C3CCN(C(=O)c4cnccn4)CC3)cc21. The fourth-order valence-corrected chi connectivity index (χ4v) is 4.75. The molecule has 0 bridgehead atoms. The van der Waals surface area contributed by atoms with Crippen LogP contribution in [0.5, 0.6) is 0 Å². The number of carbonyl (C=O) groups is 1. The normalized spacial score (nSPS) is 17.8. The number of aromatic nitrogens is 5. The van der Waals surface area contributed by atoms with E-state index in [-0.39, 0.29) is 5.91 Å². The molecule has 2 fully saturated rings. The molecule has 2 saturated heterocycles. The van der Waals surface area contributed by atoms with Crippen LogP contribution in [0.4, 0.5) is 5.82 Å². The number of likely N-dealkylation sites (tertiary alicyclic amines) is 1. The van der Waals surface area contributed by atoms with E-state index in [1.165, 1.54) is 18.4 Å². The molecule has 8 heteroatoms. The number of anilines is 1. The highest BCUT2D eigenvalue weighted by Gasteiger charge is 2.28. The third-order valence-electron chi connectivity index (χ3n) is 6.51. The second-order valence-electron chi connectivity index (χ2n) is 8.84. The maximum absolute atomic E-state index is 12.7. The van der Waals surface area contributed by atoms with Gasteiger partial charge in [-0.15, -0.1) is 0 Å². The number of fused-ring (bicyclic) bond motifs is 1. The summed E-state index contributed by atoms with van der Waals surface area (Å²) in [6, 6.07) is 2.57. The van der Waals surface area contributed by atoms with Gasteiger partial charge in [0.25, 0.3) is 5.91 Å². The van der Waals surface area contributed by atoms with Crippen LogP contribution in [-0.2, 0) is 0 Å². The molecule has 2 aliphatic rings. The van der Waals surface area contributed by atoms with E-state index in [0.717, 1.165) is 43.0 Å². The lowest BCUT2D eigenvalue weighted by atomic mass is 9.92. The molecule has 0 unspecified atom stereocenters. The van der Waals surface area contributed by atoms with Crippen LogP contribution in [0.1, 0.15) is 67.7 Å². The fraction of sp³-hybridized carbons (Fsp3) is 0.522. The lowest BCUT2D eigenvalue weighted by Gasteiger charge is -2.32. The number of nitrogens with zero attached hydrogens (tertiary/aromatic N) is 7. The maximum Gasteiger partial charge on any atom is 0.274 e. The molecule has 1 amide bonds. The van der Waals surface area contributed by atoms with E-state index in [2.05, 4.69) is 39.3 Å². The third kappa shape index (κ3) is 3.75. The molecule has 5 heterocycles. The first-order valence-electron chi connectivity index (χ1n) is 11.3. The quantitative estimate of drug-likeness (QED) is 0.645. The average molecular weight is 420 g/mol. The summed E-state index contributed by atoms with van der Waals surface area (Å²) >= 11 is 0. The van der Waals surface area contributed by atoms with Gasteiger partial charge in [0.2, 0.25) is 0 Å². The second-order valence-corrected chi connectivity index (χ2v) is 8.84. The minimum atomic E-state index is -0.0365. The molecule has 0 radical (unpaired) electrons. The van der Waals surface area contributed by atoms with Gasteiger partial charge >= 0.3 is 0 Å². The molecule has 0 aromatic carbocycles. The van der Waals surface area contributed by atoms with Crippen molar-refractivity contribution in [1.29, 1.82) is 0 Å². The first-order chi connectivity index (χ1) is 15.1. The number of carbonyl (C=O) groups excluding carboxylic acids is 1. The Morgan fingerprint density at radius 3 is 2.52 bits per heavy atom. The first kappa shape index (κ1) is 19.9. The van der Waals surface area contributed by atoms with Crippen LogP contribution in [0.25, 0.3) is 11.0 Å². The summed E-state index contributed by atoms with van der Waals surface area (Å²) in [5.41, 5.74) is 3.72. The highest BCUT2D eigenvalue weighted by Crippen LogP contribution is 2.34. The van der Waals surface area contributed by atoms with Crippen molar-refractivity contribution in [3.63, 3.8) is 0 Å². The van der Waals surface area contributed by atoms with Crippen molar-refractivity contribution in [2.24, 2.45) is 0 Å². The second kappa shape index (κ2) is 8.24. The predicted octanol–water partition coefficient (Wildman–Crippen LogP) is 3.42. The number of hydrogen-bond donors (Lipinski definition) is 0. The molecule has 0 atom stereocenters. The highest BCUT2D eigenvalue weighted by molar-refractivity contribution is 5.92.